The Morgan fingerprint density at radius 2 is 2.07 bits per heavy atom. The lowest BCUT2D eigenvalue weighted by Gasteiger charge is -1.96. The maximum absolute atomic E-state index is 10.6. The molecule has 0 aliphatic carbocycles. The van der Waals surface area contributed by atoms with E-state index in [-0.39, 0.29) is 12.7 Å². The summed E-state index contributed by atoms with van der Waals surface area (Å²) < 4.78 is 19.3. The molecule has 6 nitrogen and oxygen atoms in total. The number of hydrogen-bond donors (Lipinski definition) is 0. The molecular formula is C9H5NO5. The number of benzene rings is 1. The molecule has 0 atom stereocenters. The van der Waals surface area contributed by atoms with Crippen LogP contribution in [0.4, 0.5) is 0 Å². The van der Waals surface area contributed by atoms with Crippen molar-refractivity contribution in [2.75, 3.05) is 6.79 Å². The first-order valence-electron chi connectivity index (χ1n) is 4.20. The Hall–Kier alpha value is -2.24. The van der Waals surface area contributed by atoms with Crippen molar-refractivity contribution in [1.29, 1.82) is 0 Å². The van der Waals surface area contributed by atoms with Gasteiger partial charge in [0.25, 0.3) is 5.89 Å². The molecule has 0 radical (unpaired) electrons. The van der Waals surface area contributed by atoms with Crippen LogP contribution >= 0.6 is 0 Å². The largest absolute Gasteiger partial charge is 0.542 e. The number of nitrogens with zero attached hydrogens (tertiary/aromatic N) is 1. The third-order valence-electron chi connectivity index (χ3n) is 2.00. The summed E-state index contributed by atoms with van der Waals surface area (Å²) in [6, 6.07) is 5.09. The van der Waals surface area contributed by atoms with E-state index in [9.17, 15) is 4.79 Å². The van der Waals surface area contributed by atoms with E-state index in [1.54, 1.807) is 18.2 Å². The minimum atomic E-state index is -0.831. The van der Waals surface area contributed by atoms with Crippen molar-refractivity contribution in [3.05, 3.63) is 28.8 Å². The highest BCUT2D eigenvalue weighted by molar-refractivity contribution is 5.59. The zero-order valence-corrected chi connectivity index (χ0v) is 7.43. The minimum Gasteiger partial charge on any atom is -0.454 e. The van der Waals surface area contributed by atoms with Gasteiger partial charge in [0.15, 0.2) is 11.5 Å². The number of hydrogen-bond acceptors (Lipinski definition) is 6. The molecule has 0 unspecified atom stereocenters. The lowest BCUT2D eigenvalue weighted by molar-refractivity contribution is 0.174. The van der Waals surface area contributed by atoms with Crippen LogP contribution in [0.1, 0.15) is 0 Å². The zero-order valence-electron chi connectivity index (χ0n) is 7.43. The molecule has 1 aliphatic heterocycles. The molecular weight excluding hydrogens is 202 g/mol. The molecule has 0 N–H and O–H groups in total. The Labute approximate surface area is 83.0 Å². The van der Waals surface area contributed by atoms with Crippen LogP contribution in [-0.2, 0) is 0 Å². The Morgan fingerprint density at radius 3 is 2.87 bits per heavy atom. The predicted molar refractivity (Wildman–Crippen MR) is 46.6 cm³/mol. The van der Waals surface area contributed by atoms with Gasteiger partial charge in [0.05, 0.1) is 0 Å². The third kappa shape index (κ3) is 1.26. The van der Waals surface area contributed by atoms with Gasteiger partial charge in [0.1, 0.15) is 0 Å². The van der Waals surface area contributed by atoms with Crippen LogP contribution < -0.4 is 15.3 Å². The zero-order chi connectivity index (χ0) is 10.3. The van der Waals surface area contributed by atoms with Gasteiger partial charge in [-0.2, -0.15) is 0 Å². The van der Waals surface area contributed by atoms with Crippen molar-refractivity contribution in [3.63, 3.8) is 0 Å². The van der Waals surface area contributed by atoms with Crippen LogP contribution in [0.15, 0.2) is 31.9 Å². The third-order valence-corrected chi connectivity index (χ3v) is 2.00. The Kier molecular flexibility index (Phi) is 1.55. The average molecular weight is 207 g/mol. The molecule has 1 aromatic heterocycles. The molecule has 3 rings (SSSR count). The van der Waals surface area contributed by atoms with Crippen LogP contribution in [0.2, 0.25) is 0 Å². The van der Waals surface area contributed by atoms with Crippen LogP contribution in [-0.4, -0.2) is 11.9 Å². The Balaban J connectivity index is 2.10. The van der Waals surface area contributed by atoms with Gasteiger partial charge in [-0.05, 0) is 23.4 Å². The Bertz CT molecular complexity index is 556. The maximum atomic E-state index is 10.6. The first-order chi connectivity index (χ1) is 7.33. The normalized spacial score (nSPS) is 13.1. The molecule has 0 fully saturated rings. The Morgan fingerprint density at radius 1 is 1.20 bits per heavy atom. The van der Waals surface area contributed by atoms with E-state index < -0.39 is 5.82 Å². The molecule has 0 amide bonds. The molecule has 0 bridgehead atoms. The second kappa shape index (κ2) is 2.88. The van der Waals surface area contributed by atoms with Gasteiger partial charge in [0.2, 0.25) is 6.79 Å². The quantitative estimate of drug-likeness (QED) is 0.695. The summed E-state index contributed by atoms with van der Waals surface area (Å²) >= 11 is 0. The average Bonchev–Trinajstić information content (AvgIpc) is 2.84. The van der Waals surface area contributed by atoms with Crippen LogP contribution in [0.25, 0.3) is 11.5 Å². The van der Waals surface area contributed by atoms with Gasteiger partial charge in [-0.1, -0.05) is 0 Å². The number of rotatable bonds is 1. The van der Waals surface area contributed by atoms with Crippen molar-refractivity contribution in [3.8, 4) is 23.0 Å². The van der Waals surface area contributed by atoms with E-state index in [1.807, 2.05) is 0 Å². The van der Waals surface area contributed by atoms with Gasteiger partial charge in [-0.25, -0.2) is 4.79 Å². The smallest absolute Gasteiger partial charge is 0.454 e. The highest BCUT2D eigenvalue weighted by Crippen LogP contribution is 2.35. The summed E-state index contributed by atoms with van der Waals surface area (Å²) in [7, 11) is 0. The summed E-state index contributed by atoms with van der Waals surface area (Å²) in [6.07, 6.45) is 0. The van der Waals surface area contributed by atoms with Crippen molar-refractivity contribution in [1.82, 2.24) is 5.16 Å². The molecule has 0 spiro atoms. The number of fused-ring (bicyclic) bond motifs is 1. The SMILES string of the molecule is O=c1onc(-c2ccc3c(c2)OCO3)o1. The number of ether oxygens (including phenoxy) is 2. The molecule has 0 saturated heterocycles. The van der Waals surface area contributed by atoms with Crippen LogP contribution in [0.3, 0.4) is 0 Å². The van der Waals surface area contributed by atoms with E-state index in [1.165, 1.54) is 0 Å². The van der Waals surface area contributed by atoms with Gasteiger partial charge in [-0.3, -0.25) is 4.52 Å². The monoisotopic (exact) mass is 207 g/mol. The molecule has 1 aliphatic rings. The molecule has 6 heteroatoms. The topological polar surface area (TPSA) is 74.7 Å². The van der Waals surface area contributed by atoms with Crippen molar-refractivity contribution in [2.45, 2.75) is 0 Å². The van der Waals surface area contributed by atoms with E-state index in [2.05, 4.69) is 9.68 Å². The van der Waals surface area contributed by atoms with Crippen molar-refractivity contribution >= 4 is 0 Å². The van der Waals surface area contributed by atoms with Gasteiger partial charge in [0, 0.05) is 5.56 Å². The highest BCUT2D eigenvalue weighted by atomic mass is 16.7. The van der Waals surface area contributed by atoms with Crippen molar-refractivity contribution < 1.29 is 18.4 Å². The number of aromatic nitrogens is 1. The standard InChI is InChI=1S/C9H5NO5/c11-9-14-8(10-15-9)5-1-2-6-7(3-5)13-4-12-6/h1-3H,4H2. The predicted octanol–water partition coefficient (Wildman–Crippen LogP) is 1.02. The summed E-state index contributed by atoms with van der Waals surface area (Å²) in [4.78, 5) is 10.6. The summed E-state index contributed by atoms with van der Waals surface area (Å²) in [5, 5.41) is 3.46. The fourth-order valence-electron chi connectivity index (χ4n) is 1.34. The molecule has 15 heavy (non-hydrogen) atoms. The first-order valence-corrected chi connectivity index (χ1v) is 4.20. The summed E-state index contributed by atoms with van der Waals surface area (Å²) in [5.41, 5.74) is 0.602. The second-order valence-electron chi connectivity index (χ2n) is 2.91. The van der Waals surface area contributed by atoms with E-state index in [4.69, 9.17) is 13.9 Å². The second-order valence-corrected chi connectivity index (χ2v) is 2.91. The van der Waals surface area contributed by atoms with Gasteiger partial charge < -0.3 is 13.9 Å². The van der Waals surface area contributed by atoms with Crippen molar-refractivity contribution in [2.24, 2.45) is 0 Å². The summed E-state index contributed by atoms with van der Waals surface area (Å²) in [5.74, 6) is 0.545. The van der Waals surface area contributed by atoms with Crippen LogP contribution in [0.5, 0.6) is 11.5 Å². The molecule has 2 heterocycles. The summed E-state index contributed by atoms with van der Waals surface area (Å²) in [6.45, 7) is 0.196. The van der Waals surface area contributed by atoms with Gasteiger partial charge in [-0.15, -0.1) is 0 Å². The highest BCUT2D eigenvalue weighted by Gasteiger charge is 2.16. The van der Waals surface area contributed by atoms with E-state index in [0.29, 0.717) is 17.1 Å². The fraction of sp³-hybridized carbons (Fsp3) is 0.111. The molecule has 2 aromatic rings. The van der Waals surface area contributed by atoms with E-state index >= 15 is 0 Å². The molecule has 1 aromatic carbocycles. The first kappa shape index (κ1) is 8.10. The fourth-order valence-corrected chi connectivity index (χ4v) is 1.34. The lowest BCUT2D eigenvalue weighted by Crippen LogP contribution is -1.92. The minimum absolute atomic E-state index is 0.123. The maximum Gasteiger partial charge on any atom is 0.542 e. The molecule has 76 valence electrons. The van der Waals surface area contributed by atoms with E-state index in [0.717, 1.165) is 0 Å². The molecule has 0 saturated carbocycles. The van der Waals surface area contributed by atoms with Crippen LogP contribution in [0, 0.1) is 0 Å². The lowest BCUT2D eigenvalue weighted by atomic mass is 10.2. The van der Waals surface area contributed by atoms with Gasteiger partial charge >= 0.3 is 5.82 Å².